The number of allylic oxidation sites excluding steroid dienone is 2. The number of hydrogen-bond donors (Lipinski definition) is 3. The minimum Gasteiger partial charge on any atom is -0.495 e. The molecule has 0 saturated heterocycles. The van der Waals surface area contributed by atoms with Crippen molar-refractivity contribution in [1.82, 2.24) is 5.32 Å². The predicted molar refractivity (Wildman–Crippen MR) is 202 cm³/mol. The monoisotopic (exact) mass is 718 g/mol. The maximum Gasteiger partial charge on any atom is 0.338 e. The van der Waals surface area contributed by atoms with E-state index in [0.717, 1.165) is 11.1 Å². The molecule has 0 aliphatic heterocycles. The van der Waals surface area contributed by atoms with E-state index in [1.54, 1.807) is 60.7 Å². The van der Waals surface area contributed by atoms with E-state index in [4.69, 9.17) is 14.2 Å². The van der Waals surface area contributed by atoms with Gasteiger partial charge < -0.3 is 30.2 Å². The highest BCUT2D eigenvalue weighted by Gasteiger charge is 2.54. The summed E-state index contributed by atoms with van der Waals surface area (Å²) in [6.45, 7) is 3.11. The van der Waals surface area contributed by atoms with Gasteiger partial charge in [0.15, 0.2) is 0 Å². The second kappa shape index (κ2) is 18.3. The molecule has 1 aliphatic rings. The molecule has 1 aliphatic carbocycles. The first kappa shape index (κ1) is 38.0. The summed E-state index contributed by atoms with van der Waals surface area (Å²) in [5, 5.41) is 21.4. The average molecular weight is 719 g/mol. The zero-order valence-corrected chi connectivity index (χ0v) is 29.6. The van der Waals surface area contributed by atoms with E-state index >= 15 is 0 Å². The highest BCUT2D eigenvalue weighted by Crippen LogP contribution is 2.32. The first-order valence-electron chi connectivity index (χ1n) is 17.2. The standard InChI is InChI=1S/C41H42N4O8/c1-29-11-6-7-15-35(29)43-40(48)44-36-21-16-31(25-37(36)51-2)26-38(46)41(45(49)50)22-9-8-14-33(41)27-42-23-10-24-52-34-19-17-32(18-20-34)39(47)53-28-30-12-4-3-5-13-30/h3-9,11-22,25,33,42H,10,23-24,26-28H2,1-2H3,(H2,43,44,48)/t33-,41?/m0/s1. The minimum atomic E-state index is -1.97. The van der Waals surface area contributed by atoms with Gasteiger partial charge in [0.2, 0.25) is 5.78 Å². The Bertz CT molecular complexity index is 1960. The second-order valence-electron chi connectivity index (χ2n) is 12.5. The third-order valence-electron chi connectivity index (χ3n) is 8.82. The van der Waals surface area contributed by atoms with Crippen LogP contribution in [-0.4, -0.2) is 55.1 Å². The summed E-state index contributed by atoms with van der Waals surface area (Å²) in [6.07, 6.45) is 6.64. The van der Waals surface area contributed by atoms with Crippen LogP contribution in [0.1, 0.15) is 33.5 Å². The van der Waals surface area contributed by atoms with E-state index in [1.165, 1.54) is 19.3 Å². The number of benzene rings is 4. The number of Topliss-reactive ketones (excluding diaryl/α,β-unsaturated/α-hetero) is 1. The Morgan fingerprint density at radius 1 is 0.868 bits per heavy atom. The number of nitrogens with one attached hydrogen (secondary N) is 3. The third kappa shape index (κ3) is 9.95. The number of ether oxygens (including phenoxy) is 3. The highest BCUT2D eigenvalue weighted by molar-refractivity contribution is 6.01. The van der Waals surface area contributed by atoms with Gasteiger partial charge in [-0.15, -0.1) is 0 Å². The number of aryl methyl sites for hydroxylation is 1. The Balaban J connectivity index is 1.10. The van der Waals surface area contributed by atoms with Crippen LogP contribution in [0.4, 0.5) is 16.2 Å². The maximum atomic E-state index is 13.8. The Hall–Kier alpha value is -6.27. The largest absolute Gasteiger partial charge is 0.495 e. The van der Waals surface area contributed by atoms with Gasteiger partial charge in [-0.25, -0.2) is 9.59 Å². The second-order valence-corrected chi connectivity index (χ2v) is 12.5. The van der Waals surface area contributed by atoms with Crippen LogP contribution < -0.4 is 25.4 Å². The molecule has 1 unspecified atom stereocenters. The molecular formula is C41H42N4O8. The Labute approximate surface area is 308 Å². The fraction of sp³-hybridized carbons (Fsp3) is 0.244. The zero-order chi connectivity index (χ0) is 37.6. The van der Waals surface area contributed by atoms with Crippen LogP contribution in [0.5, 0.6) is 11.5 Å². The number of carbonyl (C=O) groups excluding carboxylic acids is 3. The fourth-order valence-electron chi connectivity index (χ4n) is 5.90. The molecule has 3 N–H and O–H groups in total. The molecule has 12 heteroatoms. The molecule has 0 fully saturated rings. The molecule has 0 heterocycles. The van der Waals surface area contributed by atoms with Crippen molar-refractivity contribution in [3.63, 3.8) is 0 Å². The molecule has 4 aromatic rings. The topological polar surface area (TPSA) is 158 Å². The van der Waals surface area contributed by atoms with Gasteiger partial charge in [-0.1, -0.05) is 72.8 Å². The highest BCUT2D eigenvalue weighted by atomic mass is 16.6. The summed E-state index contributed by atoms with van der Waals surface area (Å²) in [5.41, 5.74) is 1.78. The molecule has 2 atom stereocenters. The summed E-state index contributed by atoms with van der Waals surface area (Å²) in [5.74, 6) is -0.842. The van der Waals surface area contributed by atoms with Gasteiger partial charge in [-0.3, -0.25) is 14.9 Å². The van der Waals surface area contributed by atoms with E-state index in [0.29, 0.717) is 53.6 Å². The third-order valence-corrected chi connectivity index (χ3v) is 8.82. The molecule has 0 radical (unpaired) electrons. The summed E-state index contributed by atoms with van der Waals surface area (Å²) < 4.78 is 16.7. The average Bonchev–Trinajstić information content (AvgIpc) is 3.17. The van der Waals surface area contributed by atoms with Crippen LogP contribution in [0.2, 0.25) is 0 Å². The SMILES string of the molecule is COc1cc(CC(=O)C2([N+](=O)[O-])C=CC=C[C@H]2CNCCCOc2ccc(C(=O)OCc3ccccc3)cc2)ccc1NC(=O)Nc1ccccc1C. The molecule has 0 saturated carbocycles. The van der Waals surface area contributed by atoms with Gasteiger partial charge in [0, 0.05) is 29.7 Å². The van der Waals surface area contributed by atoms with Gasteiger partial charge in [0.1, 0.15) is 18.1 Å². The number of rotatable bonds is 17. The van der Waals surface area contributed by atoms with Crippen molar-refractivity contribution in [2.24, 2.45) is 5.92 Å². The van der Waals surface area contributed by atoms with E-state index in [-0.39, 0.29) is 19.6 Å². The smallest absolute Gasteiger partial charge is 0.338 e. The van der Waals surface area contributed by atoms with Crippen LogP contribution in [0.3, 0.4) is 0 Å². The number of hydrogen-bond acceptors (Lipinski definition) is 9. The summed E-state index contributed by atoms with van der Waals surface area (Å²) in [7, 11) is 1.44. The van der Waals surface area contributed by atoms with Gasteiger partial charge in [-0.05, 0) is 79.0 Å². The van der Waals surface area contributed by atoms with Gasteiger partial charge in [0.05, 0.1) is 30.9 Å². The first-order chi connectivity index (χ1) is 25.7. The summed E-state index contributed by atoms with van der Waals surface area (Å²) in [4.78, 5) is 50.9. The van der Waals surface area contributed by atoms with Crippen molar-refractivity contribution in [2.75, 3.05) is 37.4 Å². The van der Waals surface area contributed by atoms with Crippen molar-refractivity contribution >= 4 is 29.2 Å². The molecule has 5 rings (SSSR count). The van der Waals surface area contributed by atoms with Gasteiger partial charge >= 0.3 is 17.5 Å². The van der Waals surface area contributed by atoms with E-state index in [9.17, 15) is 24.5 Å². The number of ketones is 1. The van der Waals surface area contributed by atoms with Crippen LogP contribution in [0.25, 0.3) is 0 Å². The number of esters is 1. The van der Waals surface area contributed by atoms with Gasteiger partial charge in [0.25, 0.3) is 0 Å². The molecule has 0 spiro atoms. The molecule has 0 bridgehead atoms. The molecule has 0 aromatic heterocycles. The molecule has 274 valence electrons. The quantitative estimate of drug-likeness (QED) is 0.0456. The number of para-hydroxylation sites is 1. The number of nitrogens with zero attached hydrogens (tertiary/aromatic N) is 1. The van der Waals surface area contributed by atoms with Crippen molar-refractivity contribution in [3.05, 3.63) is 154 Å². The number of amides is 2. The van der Waals surface area contributed by atoms with Crippen molar-refractivity contribution in [2.45, 2.75) is 31.9 Å². The normalized spacial score (nSPS) is 16.0. The predicted octanol–water partition coefficient (Wildman–Crippen LogP) is 6.93. The fourth-order valence-corrected chi connectivity index (χ4v) is 5.90. The molecule has 2 amide bonds. The summed E-state index contributed by atoms with van der Waals surface area (Å²) >= 11 is 0. The molecule has 4 aromatic carbocycles. The first-order valence-corrected chi connectivity index (χ1v) is 17.2. The Morgan fingerprint density at radius 2 is 1.60 bits per heavy atom. The van der Waals surface area contributed by atoms with E-state index in [2.05, 4.69) is 16.0 Å². The number of anilines is 2. The van der Waals surface area contributed by atoms with E-state index < -0.39 is 34.2 Å². The van der Waals surface area contributed by atoms with Crippen LogP contribution >= 0.6 is 0 Å². The van der Waals surface area contributed by atoms with E-state index in [1.807, 2.05) is 55.5 Å². The van der Waals surface area contributed by atoms with Crippen molar-refractivity contribution in [3.8, 4) is 11.5 Å². The molecule has 53 heavy (non-hydrogen) atoms. The lowest BCUT2D eigenvalue weighted by molar-refractivity contribution is -0.545. The lowest BCUT2D eigenvalue weighted by atomic mass is 9.76. The number of carbonyl (C=O) groups is 3. The number of urea groups is 1. The van der Waals surface area contributed by atoms with Gasteiger partial charge in [-0.2, -0.15) is 0 Å². The lowest BCUT2D eigenvalue weighted by Gasteiger charge is -2.29. The Kier molecular flexibility index (Phi) is 13.1. The number of methoxy groups -OCH3 is 1. The zero-order valence-electron chi connectivity index (χ0n) is 29.6. The summed E-state index contributed by atoms with van der Waals surface area (Å²) in [6, 6.07) is 27.9. The van der Waals surface area contributed by atoms with Crippen LogP contribution in [0.15, 0.2) is 121 Å². The van der Waals surface area contributed by atoms with Crippen LogP contribution in [0, 0.1) is 23.0 Å². The Morgan fingerprint density at radius 3 is 2.34 bits per heavy atom. The van der Waals surface area contributed by atoms with Crippen molar-refractivity contribution < 1.29 is 33.5 Å². The molecule has 12 nitrogen and oxygen atoms in total. The minimum absolute atomic E-state index is 0.189. The maximum absolute atomic E-state index is 13.8. The van der Waals surface area contributed by atoms with Crippen LogP contribution in [-0.2, 0) is 22.6 Å². The van der Waals surface area contributed by atoms with Crippen molar-refractivity contribution in [1.29, 1.82) is 0 Å². The number of nitro groups is 1. The molecular weight excluding hydrogens is 676 g/mol. The lowest BCUT2D eigenvalue weighted by Crippen LogP contribution is -2.54.